The molecule has 0 amide bonds. The molecular formula is C13H24N4. The Bertz CT molecular complexity index is 326. The molecular weight excluding hydrogens is 212 g/mol. The van der Waals surface area contributed by atoms with Crippen LogP contribution in [0.3, 0.4) is 0 Å². The molecule has 1 aliphatic carbocycles. The predicted octanol–water partition coefficient (Wildman–Crippen LogP) is 2.26. The molecule has 2 rings (SSSR count). The Labute approximate surface area is 104 Å². The van der Waals surface area contributed by atoms with Crippen molar-refractivity contribution >= 4 is 0 Å². The average molecular weight is 236 g/mol. The summed E-state index contributed by atoms with van der Waals surface area (Å²) in [7, 11) is 1.94. The van der Waals surface area contributed by atoms with E-state index in [1.54, 1.807) is 6.33 Å². The van der Waals surface area contributed by atoms with Gasteiger partial charge < -0.3 is 5.32 Å². The normalized spacial score (nSPS) is 20.1. The topological polar surface area (TPSA) is 42.7 Å². The van der Waals surface area contributed by atoms with Crippen molar-refractivity contribution in [2.75, 3.05) is 0 Å². The number of nitrogens with one attached hydrogen (secondary N) is 1. The van der Waals surface area contributed by atoms with E-state index in [0.29, 0.717) is 6.04 Å². The van der Waals surface area contributed by atoms with Gasteiger partial charge in [-0.2, -0.15) is 5.10 Å². The summed E-state index contributed by atoms with van der Waals surface area (Å²) in [5.41, 5.74) is 0. The summed E-state index contributed by atoms with van der Waals surface area (Å²) in [6.45, 7) is 3.14. The Hall–Kier alpha value is -0.900. The van der Waals surface area contributed by atoms with E-state index in [1.165, 1.54) is 38.5 Å². The van der Waals surface area contributed by atoms with E-state index < -0.39 is 0 Å². The van der Waals surface area contributed by atoms with Gasteiger partial charge in [0.15, 0.2) is 0 Å². The molecule has 4 heteroatoms. The molecule has 0 spiro atoms. The molecule has 1 heterocycles. The summed E-state index contributed by atoms with van der Waals surface area (Å²) in [6, 6.07) is 0.588. The Kier molecular flexibility index (Phi) is 4.54. The molecule has 1 aromatic heterocycles. The van der Waals surface area contributed by atoms with Crippen LogP contribution in [0, 0.1) is 5.92 Å². The second-order valence-electron chi connectivity index (χ2n) is 5.22. The van der Waals surface area contributed by atoms with E-state index in [1.807, 2.05) is 11.7 Å². The molecule has 0 unspecified atom stereocenters. The van der Waals surface area contributed by atoms with Crippen LogP contribution in [0.25, 0.3) is 0 Å². The van der Waals surface area contributed by atoms with Crippen molar-refractivity contribution < 1.29 is 0 Å². The standard InChI is InChI=1S/C13H24N4/c1-11(12-7-5-3-4-6-8-12)14-9-13-15-10-16-17(13)2/h10-12,14H,3-9H2,1-2H3/t11-/m1/s1. The first-order chi connectivity index (χ1) is 8.27. The van der Waals surface area contributed by atoms with Gasteiger partial charge in [-0.15, -0.1) is 0 Å². The minimum atomic E-state index is 0.588. The summed E-state index contributed by atoms with van der Waals surface area (Å²) in [4.78, 5) is 4.24. The quantitative estimate of drug-likeness (QED) is 0.815. The van der Waals surface area contributed by atoms with Gasteiger partial charge in [-0.25, -0.2) is 4.98 Å². The van der Waals surface area contributed by atoms with Crippen LogP contribution in [0.4, 0.5) is 0 Å². The molecule has 1 fully saturated rings. The molecule has 4 nitrogen and oxygen atoms in total. The van der Waals surface area contributed by atoms with Crippen molar-refractivity contribution in [3.8, 4) is 0 Å². The van der Waals surface area contributed by atoms with E-state index in [9.17, 15) is 0 Å². The maximum absolute atomic E-state index is 4.24. The SMILES string of the molecule is C[C@@H](NCc1ncnn1C)C1CCCCCC1. The largest absolute Gasteiger partial charge is 0.307 e. The van der Waals surface area contributed by atoms with Crippen LogP contribution in [-0.4, -0.2) is 20.8 Å². The fourth-order valence-electron chi connectivity index (χ4n) is 2.71. The second-order valence-corrected chi connectivity index (χ2v) is 5.22. The maximum Gasteiger partial charge on any atom is 0.140 e. The van der Waals surface area contributed by atoms with E-state index in [-0.39, 0.29) is 0 Å². The lowest BCUT2D eigenvalue weighted by molar-refractivity contribution is 0.333. The van der Waals surface area contributed by atoms with Crippen LogP contribution >= 0.6 is 0 Å². The number of rotatable bonds is 4. The first kappa shape index (κ1) is 12.6. The molecule has 1 N–H and O–H groups in total. The monoisotopic (exact) mass is 236 g/mol. The number of hydrogen-bond acceptors (Lipinski definition) is 3. The molecule has 1 aliphatic rings. The van der Waals surface area contributed by atoms with Gasteiger partial charge in [0.1, 0.15) is 12.2 Å². The third-order valence-corrected chi connectivity index (χ3v) is 3.99. The van der Waals surface area contributed by atoms with E-state index in [2.05, 4.69) is 22.3 Å². The van der Waals surface area contributed by atoms with E-state index >= 15 is 0 Å². The number of hydrogen-bond donors (Lipinski definition) is 1. The lowest BCUT2D eigenvalue weighted by atomic mass is 9.93. The highest BCUT2D eigenvalue weighted by Gasteiger charge is 2.18. The van der Waals surface area contributed by atoms with Crippen LogP contribution in [-0.2, 0) is 13.6 Å². The van der Waals surface area contributed by atoms with Crippen molar-refractivity contribution in [1.82, 2.24) is 20.1 Å². The smallest absolute Gasteiger partial charge is 0.140 e. The van der Waals surface area contributed by atoms with E-state index in [4.69, 9.17) is 0 Å². The van der Waals surface area contributed by atoms with Crippen molar-refractivity contribution in [2.45, 2.75) is 58.0 Å². The lowest BCUT2D eigenvalue weighted by Gasteiger charge is -2.23. The first-order valence-corrected chi connectivity index (χ1v) is 6.83. The summed E-state index contributed by atoms with van der Waals surface area (Å²) in [5.74, 6) is 1.86. The fraction of sp³-hybridized carbons (Fsp3) is 0.846. The number of nitrogens with zero attached hydrogens (tertiary/aromatic N) is 3. The molecule has 0 saturated heterocycles. The highest BCUT2D eigenvalue weighted by Crippen LogP contribution is 2.25. The van der Waals surface area contributed by atoms with Gasteiger partial charge in [0.2, 0.25) is 0 Å². The van der Waals surface area contributed by atoms with Crippen LogP contribution in [0.15, 0.2) is 6.33 Å². The lowest BCUT2D eigenvalue weighted by Crippen LogP contribution is -2.33. The molecule has 1 aromatic rings. The van der Waals surface area contributed by atoms with Crippen molar-refractivity contribution in [1.29, 1.82) is 0 Å². The molecule has 0 bridgehead atoms. The molecule has 1 atom stereocenters. The number of aromatic nitrogens is 3. The highest BCUT2D eigenvalue weighted by atomic mass is 15.3. The first-order valence-electron chi connectivity index (χ1n) is 6.83. The van der Waals surface area contributed by atoms with Crippen molar-refractivity contribution in [3.63, 3.8) is 0 Å². The van der Waals surface area contributed by atoms with Crippen LogP contribution < -0.4 is 5.32 Å². The van der Waals surface area contributed by atoms with E-state index in [0.717, 1.165) is 18.3 Å². The van der Waals surface area contributed by atoms with Gasteiger partial charge in [0, 0.05) is 13.1 Å². The summed E-state index contributed by atoms with van der Waals surface area (Å²) in [6.07, 6.45) is 10.0. The zero-order valence-corrected chi connectivity index (χ0v) is 11.0. The average Bonchev–Trinajstić information content (AvgIpc) is 2.58. The highest BCUT2D eigenvalue weighted by molar-refractivity contribution is 4.84. The Morgan fingerprint density at radius 3 is 2.65 bits per heavy atom. The summed E-state index contributed by atoms with van der Waals surface area (Å²) in [5, 5.41) is 7.69. The second kappa shape index (κ2) is 6.15. The molecule has 17 heavy (non-hydrogen) atoms. The Balaban J connectivity index is 1.80. The maximum atomic E-state index is 4.24. The third kappa shape index (κ3) is 3.53. The zero-order valence-electron chi connectivity index (χ0n) is 11.0. The number of aryl methyl sites for hydroxylation is 1. The van der Waals surface area contributed by atoms with Gasteiger partial charge in [0.25, 0.3) is 0 Å². The molecule has 96 valence electrons. The summed E-state index contributed by atoms with van der Waals surface area (Å²) >= 11 is 0. The Morgan fingerprint density at radius 2 is 2.06 bits per heavy atom. The fourth-order valence-corrected chi connectivity index (χ4v) is 2.71. The van der Waals surface area contributed by atoms with Crippen LogP contribution in [0.1, 0.15) is 51.3 Å². The van der Waals surface area contributed by atoms with Gasteiger partial charge in [-0.05, 0) is 25.7 Å². The third-order valence-electron chi connectivity index (χ3n) is 3.99. The minimum Gasteiger partial charge on any atom is -0.307 e. The van der Waals surface area contributed by atoms with Gasteiger partial charge >= 0.3 is 0 Å². The molecule has 0 aromatic carbocycles. The van der Waals surface area contributed by atoms with Gasteiger partial charge in [-0.3, -0.25) is 4.68 Å². The van der Waals surface area contributed by atoms with Gasteiger partial charge in [0.05, 0.1) is 6.54 Å². The minimum absolute atomic E-state index is 0.588. The van der Waals surface area contributed by atoms with Crippen molar-refractivity contribution in [2.24, 2.45) is 13.0 Å². The van der Waals surface area contributed by atoms with Crippen LogP contribution in [0.2, 0.25) is 0 Å². The molecule has 0 aliphatic heterocycles. The zero-order chi connectivity index (χ0) is 12.1. The predicted molar refractivity (Wildman–Crippen MR) is 68.5 cm³/mol. The molecule has 0 radical (unpaired) electrons. The van der Waals surface area contributed by atoms with Gasteiger partial charge in [-0.1, -0.05) is 25.7 Å². The van der Waals surface area contributed by atoms with Crippen LogP contribution in [0.5, 0.6) is 0 Å². The summed E-state index contributed by atoms with van der Waals surface area (Å²) < 4.78 is 1.84. The molecule has 1 saturated carbocycles. The van der Waals surface area contributed by atoms with Crippen molar-refractivity contribution in [3.05, 3.63) is 12.2 Å². The Morgan fingerprint density at radius 1 is 1.35 bits per heavy atom.